The molecule has 1 fully saturated rings. The Morgan fingerprint density at radius 1 is 1.09 bits per heavy atom. The molecule has 0 unspecified atom stereocenters. The maximum atomic E-state index is 14.3. The molecule has 2 aromatic rings. The van der Waals surface area contributed by atoms with E-state index in [4.69, 9.17) is 0 Å². The predicted octanol–water partition coefficient (Wildman–Crippen LogP) is 6.13. The van der Waals surface area contributed by atoms with Gasteiger partial charge in [-0.2, -0.15) is 0 Å². The van der Waals surface area contributed by atoms with Crippen molar-refractivity contribution in [1.82, 2.24) is 4.98 Å². The van der Waals surface area contributed by atoms with Crippen LogP contribution in [0.25, 0.3) is 11.3 Å². The summed E-state index contributed by atoms with van der Waals surface area (Å²) in [6.07, 6.45) is 9.02. The van der Waals surface area contributed by atoms with Crippen LogP contribution in [0.1, 0.15) is 63.0 Å². The van der Waals surface area contributed by atoms with Gasteiger partial charge in [-0.25, -0.2) is 4.39 Å². The highest BCUT2D eigenvalue weighted by Gasteiger charge is 2.20. The Balaban J connectivity index is 1.77. The highest BCUT2D eigenvalue weighted by molar-refractivity contribution is 5.60. The smallest absolute Gasteiger partial charge is 0.132 e. The van der Waals surface area contributed by atoms with E-state index in [2.05, 4.69) is 24.9 Å². The first-order valence-electron chi connectivity index (χ1n) is 8.92. The third-order valence-electron chi connectivity index (χ3n) is 5.12. The fourth-order valence-electron chi connectivity index (χ4n) is 3.61. The number of benzene rings is 1. The van der Waals surface area contributed by atoms with Crippen molar-refractivity contribution in [3.05, 3.63) is 53.5 Å². The minimum atomic E-state index is -0.164. The number of hydrogen-bond donors (Lipinski definition) is 0. The van der Waals surface area contributed by atoms with Gasteiger partial charge in [-0.1, -0.05) is 45.2 Å². The minimum Gasteiger partial charge on any atom is -0.256 e. The molecule has 0 atom stereocenters. The molecule has 0 N–H and O–H groups in total. The van der Waals surface area contributed by atoms with E-state index < -0.39 is 0 Å². The zero-order valence-electron chi connectivity index (χ0n) is 14.2. The molecule has 1 aliphatic carbocycles. The van der Waals surface area contributed by atoms with Gasteiger partial charge in [-0.3, -0.25) is 4.98 Å². The van der Waals surface area contributed by atoms with Crippen molar-refractivity contribution in [2.45, 2.75) is 58.3 Å². The second kappa shape index (κ2) is 7.25. The minimum absolute atomic E-state index is 0.164. The van der Waals surface area contributed by atoms with Gasteiger partial charge in [0.2, 0.25) is 0 Å². The van der Waals surface area contributed by atoms with E-state index in [9.17, 15) is 4.39 Å². The van der Waals surface area contributed by atoms with Gasteiger partial charge in [-0.15, -0.1) is 0 Å². The number of aromatic nitrogens is 1. The number of rotatable bonds is 4. The lowest BCUT2D eigenvalue weighted by molar-refractivity contribution is 0.347. The van der Waals surface area contributed by atoms with Crippen molar-refractivity contribution in [3.8, 4) is 11.3 Å². The average molecular weight is 311 g/mol. The SMILES string of the molecule is CCCc1ccc(-c2ccc([C@H]3CC[C@H](C)CC3)cn2)c(F)c1. The number of pyridine rings is 1. The fourth-order valence-corrected chi connectivity index (χ4v) is 3.61. The Kier molecular flexibility index (Phi) is 5.09. The lowest BCUT2D eigenvalue weighted by Gasteiger charge is -2.26. The molecule has 23 heavy (non-hydrogen) atoms. The molecule has 0 spiro atoms. The number of hydrogen-bond acceptors (Lipinski definition) is 1. The van der Waals surface area contributed by atoms with Gasteiger partial charge in [0.1, 0.15) is 5.82 Å². The zero-order chi connectivity index (χ0) is 16.2. The normalized spacial score (nSPS) is 21.3. The molecule has 1 aromatic carbocycles. The molecule has 122 valence electrons. The van der Waals surface area contributed by atoms with Gasteiger partial charge in [-0.05, 0) is 60.4 Å². The summed E-state index contributed by atoms with van der Waals surface area (Å²) in [5.74, 6) is 1.32. The van der Waals surface area contributed by atoms with Crippen LogP contribution in [0.3, 0.4) is 0 Å². The highest BCUT2D eigenvalue weighted by Crippen LogP contribution is 2.35. The summed E-state index contributed by atoms with van der Waals surface area (Å²) in [4.78, 5) is 4.54. The summed E-state index contributed by atoms with van der Waals surface area (Å²) < 4.78 is 14.3. The van der Waals surface area contributed by atoms with Crippen molar-refractivity contribution in [2.75, 3.05) is 0 Å². The summed E-state index contributed by atoms with van der Waals surface area (Å²) in [5, 5.41) is 0. The van der Waals surface area contributed by atoms with Crippen LogP contribution in [0.4, 0.5) is 4.39 Å². The predicted molar refractivity (Wildman–Crippen MR) is 94.0 cm³/mol. The summed E-state index contributed by atoms with van der Waals surface area (Å²) in [6.45, 7) is 4.45. The lowest BCUT2D eigenvalue weighted by atomic mass is 9.80. The molecule has 0 amide bonds. The topological polar surface area (TPSA) is 12.9 Å². The molecule has 0 saturated heterocycles. The van der Waals surface area contributed by atoms with E-state index in [0.29, 0.717) is 11.5 Å². The molecule has 1 aromatic heterocycles. The molecule has 0 aliphatic heterocycles. The molecule has 1 nitrogen and oxygen atoms in total. The second-order valence-corrected chi connectivity index (χ2v) is 7.00. The molecule has 2 heteroatoms. The van der Waals surface area contributed by atoms with E-state index in [0.717, 1.165) is 30.0 Å². The van der Waals surface area contributed by atoms with E-state index >= 15 is 0 Å². The van der Waals surface area contributed by atoms with Crippen LogP contribution in [0.2, 0.25) is 0 Å². The molecule has 0 radical (unpaired) electrons. The van der Waals surface area contributed by atoms with Crippen molar-refractivity contribution >= 4 is 0 Å². The number of halogens is 1. The van der Waals surface area contributed by atoms with Crippen molar-refractivity contribution < 1.29 is 4.39 Å². The summed E-state index contributed by atoms with van der Waals surface area (Å²) in [7, 11) is 0. The Labute approximate surface area is 139 Å². The molecule has 1 saturated carbocycles. The first kappa shape index (κ1) is 16.2. The van der Waals surface area contributed by atoms with Crippen LogP contribution in [-0.2, 0) is 6.42 Å². The van der Waals surface area contributed by atoms with E-state index in [1.807, 2.05) is 24.4 Å². The summed E-state index contributed by atoms with van der Waals surface area (Å²) in [6, 6.07) is 9.65. The molecule has 3 rings (SSSR count). The number of aryl methyl sites for hydroxylation is 1. The maximum Gasteiger partial charge on any atom is 0.132 e. The van der Waals surface area contributed by atoms with Gasteiger partial charge in [0.05, 0.1) is 5.69 Å². The lowest BCUT2D eigenvalue weighted by Crippen LogP contribution is -2.11. The third kappa shape index (κ3) is 3.80. The molecular weight excluding hydrogens is 285 g/mol. The van der Waals surface area contributed by atoms with Gasteiger partial charge in [0.15, 0.2) is 0 Å². The third-order valence-corrected chi connectivity index (χ3v) is 5.12. The molecule has 1 aliphatic rings. The first-order chi connectivity index (χ1) is 11.2. The molecule has 1 heterocycles. The number of nitrogens with zero attached hydrogens (tertiary/aromatic N) is 1. The summed E-state index contributed by atoms with van der Waals surface area (Å²) in [5.41, 5.74) is 3.71. The van der Waals surface area contributed by atoms with Gasteiger partial charge in [0, 0.05) is 11.8 Å². The van der Waals surface area contributed by atoms with Crippen LogP contribution in [0.5, 0.6) is 0 Å². The largest absolute Gasteiger partial charge is 0.256 e. The van der Waals surface area contributed by atoms with Crippen LogP contribution < -0.4 is 0 Å². The maximum absolute atomic E-state index is 14.3. The Morgan fingerprint density at radius 2 is 1.87 bits per heavy atom. The van der Waals surface area contributed by atoms with E-state index in [1.54, 1.807) is 6.07 Å². The van der Waals surface area contributed by atoms with Crippen LogP contribution in [0.15, 0.2) is 36.5 Å². The zero-order valence-corrected chi connectivity index (χ0v) is 14.2. The van der Waals surface area contributed by atoms with Crippen LogP contribution >= 0.6 is 0 Å². The standard InChI is InChI=1S/C21H26FN/c1-3-4-16-7-11-19(20(22)13-16)21-12-10-18(14-23-21)17-8-5-15(2)6-9-17/h7,10-15,17H,3-6,8-9H2,1-2H3/t15-,17-. The average Bonchev–Trinajstić information content (AvgIpc) is 2.56. The fraction of sp³-hybridized carbons (Fsp3) is 0.476. The molecular formula is C21H26FN. The second-order valence-electron chi connectivity index (χ2n) is 7.00. The quantitative estimate of drug-likeness (QED) is 0.661. The Morgan fingerprint density at radius 3 is 2.48 bits per heavy atom. The first-order valence-corrected chi connectivity index (χ1v) is 8.92. The van der Waals surface area contributed by atoms with Crippen LogP contribution in [0, 0.1) is 11.7 Å². The van der Waals surface area contributed by atoms with Crippen molar-refractivity contribution in [2.24, 2.45) is 5.92 Å². The van der Waals surface area contributed by atoms with Crippen LogP contribution in [-0.4, -0.2) is 4.98 Å². The molecule has 0 bridgehead atoms. The van der Waals surface area contributed by atoms with Gasteiger partial charge in [0.25, 0.3) is 0 Å². The summed E-state index contributed by atoms with van der Waals surface area (Å²) >= 11 is 0. The Bertz CT molecular complexity index is 639. The Hall–Kier alpha value is -1.70. The monoisotopic (exact) mass is 311 g/mol. The van der Waals surface area contributed by atoms with E-state index in [-0.39, 0.29) is 5.82 Å². The van der Waals surface area contributed by atoms with E-state index in [1.165, 1.54) is 31.2 Å². The van der Waals surface area contributed by atoms with Crippen molar-refractivity contribution in [3.63, 3.8) is 0 Å². The van der Waals surface area contributed by atoms with Crippen molar-refractivity contribution in [1.29, 1.82) is 0 Å². The highest BCUT2D eigenvalue weighted by atomic mass is 19.1. The van der Waals surface area contributed by atoms with Gasteiger partial charge >= 0.3 is 0 Å². The van der Waals surface area contributed by atoms with Gasteiger partial charge < -0.3 is 0 Å².